The average Bonchev–Trinajstić information content (AvgIpc) is 3.50. The quantitative estimate of drug-likeness (QED) is 0.548. The van der Waals surface area contributed by atoms with Gasteiger partial charge in [0.15, 0.2) is 0 Å². The van der Waals surface area contributed by atoms with Gasteiger partial charge in [-0.25, -0.2) is 14.4 Å². The van der Waals surface area contributed by atoms with Crippen LogP contribution in [0.15, 0.2) is 53.4 Å². The molecule has 166 valence electrons. The summed E-state index contributed by atoms with van der Waals surface area (Å²) in [6.45, 7) is 0.491. The molecule has 10 heteroatoms. The van der Waals surface area contributed by atoms with E-state index in [1.807, 2.05) is 0 Å². The molecule has 1 aliphatic heterocycles. The molecule has 5 rings (SSSR count). The van der Waals surface area contributed by atoms with Crippen molar-refractivity contribution in [2.75, 3.05) is 6.54 Å². The van der Waals surface area contributed by atoms with Gasteiger partial charge in [0.1, 0.15) is 18.2 Å². The Morgan fingerprint density at radius 3 is 2.66 bits per heavy atom. The lowest BCUT2D eigenvalue weighted by molar-refractivity contribution is -0.137. The lowest BCUT2D eigenvalue weighted by Crippen LogP contribution is -2.47. The molecule has 2 bridgehead atoms. The highest BCUT2D eigenvalue weighted by atomic mass is 19.4. The zero-order valence-corrected chi connectivity index (χ0v) is 16.6. The highest BCUT2D eigenvalue weighted by Crippen LogP contribution is 2.41. The number of aromatic nitrogens is 2. The Morgan fingerprint density at radius 1 is 1.16 bits per heavy atom. The van der Waals surface area contributed by atoms with E-state index in [0.29, 0.717) is 24.9 Å². The second kappa shape index (κ2) is 7.61. The van der Waals surface area contributed by atoms with Crippen molar-refractivity contribution in [1.29, 1.82) is 0 Å². The van der Waals surface area contributed by atoms with Gasteiger partial charge in [-0.05, 0) is 43.0 Å². The van der Waals surface area contributed by atoms with E-state index in [0.717, 1.165) is 18.3 Å². The van der Waals surface area contributed by atoms with Gasteiger partial charge in [-0.15, -0.1) is 0 Å². The van der Waals surface area contributed by atoms with Crippen molar-refractivity contribution in [2.24, 2.45) is 5.92 Å². The predicted octanol–water partition coefficient (Wildman–Crippen LogP) is 4.58. The van der Waals surface area contributed by atoms with Crippen molar-refractivity contribution in [2.45, 2.75) is 31.2 Å². The van der Waals surface area contributed by atoms with Gasteiger partial charge in [0.2, 0.25) is 11.8 Å². The SMILES string of the molecule is O=C(c1cc(F)ccc1-c1ncco1)N1C[C@H]2C[C@@H](Oc3ccc(C(F)(F)F)cn3)[C@@H]1C2. The third kappa shape index (κ3) is 3.69. The lowest BCUT2D eigenvalue weighted by Gasteiger charge is -2.33. The number of nitrogens with zero attached hydrogens (tertiary/aromatic N) is 3. The van der Waals surface area contributed by atoms with Crippen LogP contribution in [0.5, 0.6) is 5.88 Å². The monoisotopic (exact) mass is 447 g/mol. The Hall–Kier alpha value is -3.43. The normalized spacial score (nSPS) is 22.4. The van der Waals surface area contributed by atoms with Crippen molar-refractivity contribution >= 4 is 5.91 Å². The molecule has 1 saturated heterocycles. The zero-order valence-electron chi connectivity index (χ0n) is 16.6. The summed E-state index contributed by atoms with van der Waals surface area (Å²) < 4.78 is 63.3. The molecule has 1 amide bonds. The second-order valence-corrected chi connectivity index (χ2v) is 7.93. The van der Waals surface area contributed by atoms with Gasteiger partial charge in [0, 0.05) is 18.8 Å². The van der Waals surface area contributed by atoms with Crippen LogP contribution in [0.1, 0.15) is 28.8 Å². The first-order chi connectivity index (χ1) is 15.3. The Morgan fingerprint density at radius 2 is 2.00 bits per heavy atom. The fraction of sp³-hybridized carbons (Fsp3) is 0.318. The van der Waals surface area contributed by atoms with Crippen LogP contribution in [-0.2, 0) is 6.18 Å². The van der Waals surface area contributed by atoms with Crippen LogP contribution in [0.25, 0.3) is 11.5 Å². The summed E-state index contributed by atoms with van der Waals surface area (Å²) in [7, 11) is 0. The van der Waals surface area contributed by atoms with Crippen molar-refractivity contribution < 1.29 is 31.5 Å². The van der Waals surface area contributed by atoms with Gasteiger partial charge in [-0.1, -0.05) is 0 Å². The van der Waals surface area contributed by atoms with Crippen LogP contribution < -0.4 is 4.74 Å². The number of benzene rings is 1. The number of rotatable bonds is 4. The molecule has 1 aliphatic carbocycles. The van der Waals surface area contributed by atoms with E-state index < -0.39 is 23.7 Å². The minimum absolute atomic E-state index is 0.0641. The molecule has 3 aromatic rings. The third-order valence-electron chi connectivity index (χ3n) is 5.90. The highest BCUT2D eigenvalue weighted by molar-refractivity contribution is 6.00. The fourth-order valence-electron chi connectivity index (χ4n) is 4.49. The third-order valence-corrected chi connectivity index (χ3v) is 5.90. The van der Waals surface area contributed by atoms with Gasteiger partial charge in [0.05, 0.1) is 28.9 Å². The van der Waals surface area contributed by atoms with Crippen LogP contribution in [0.2, 0.25) is 0 Å². The number of oxazole rings is 1. The minimum atomic E-state index is -4.48. The number of halogens is 4. The number of likely N-dealkylation sites (tertiary alicyclic amines) is 1. The van der Waals surface area contributed by atoms with E-state index >= 15 is 0 Å². The minimum Gasteiger partial charge on any atom is -0.472 e. The second-order valence-electron chi connectivity index (χ2n) is 7.93. The zero-order chi connectivity index (χ0) is 22.5. The number of alkyl halides is 3. The molecule has 0 spiro atoms. The molecule has 0 radical (unpaired) electrons. The first-order valence-electron chi connectivity index (χ1n) is 10.00. The van der Waals surface area contributed by atoms with E-state index in [4.69, 9.17) is 9.15 Å². The molecule has 2 aromatic heterocycles. The Labute approximate surface area is 179 Å². The smallest absolute Gasteiger partial charge is 0.417 e. The number of hydrogen-bond acceptors (Lipinski definition) is 5. The van der Waals surface area contributed by atoms with E-state index in [2.05, 4.69) is 9.97 Å². The van der Waals surface area contributed by atoms with Crippen LogP contribution in [-0.4, -0.2) is 39.5 Å². The summed E-state index contributed by atoms with van der Waals surface area (Å²) in [5.41, 5.74) is -0.350. The number of fused-ring (bicyclic) bond motifs is 2. The van der Waals surface area contributed by atoms with Gasteiger partial charge < -0.3 is 14.1 Å². The van der Waals surface area contributed by atoms with Crippen LogP contribution in [0.3, 0.4) is 0 Å². The molecule has 2 fully saturated rings. The average molecular weight is 447 g/mol. The lowest BCUT2D eigenvalue weighted by atomic mass is 10.0. The maximum absolute atomic E-state index is 14.0. The molecule has 3 atom stereocenters. The molecule has 1 aromatic carbocycles. The summed E-state index contributed by atoms with van der Waals surface area (Å²) in [5, 5.41) is 0. The van der Waals surface area contributed by atoms with Gasteiger partial charge in [0.25, 0.3) is 5.91 Å². The molecule has 2 aliphatic rings. The summed E-state index contributed by atoms with van der Waals surface area (Å²) in [6.07, 6.45) is -0.0147. The number of amides is 1. The number of ether oxygens (including phenoxy) is 1. The van der Waals surface area contributed by atoms with E-state index in [9.17, 15) is 22.4 Å². The maximum Gasteiger partial charge on any atom is 0.417 e. The number of piperidine rings is 1. The molecular weight excluding hydrogens is 430 g/mol. The first-order valence-corrected chi connectivity index (χ1v) is 10.00. The molecular formula is C22H17F4N3O3. The first kappa shape index (κ1) is 20.5. The van der Waals surface area contributed by atoms with Crippen LogP contribution >= 0.6 is 0 Å². The predicted molar refractivity (Wildman–Crippen MR) is 103 cm³/mol. The van der Waals surface area contributed by atoms with E-state index in [-0.39, 0.29) is 35.2 Å². The standard InChI is InChI=1S/C22H17F4N3O3/c23-14-2-3-15(20-27-5-6-31-20)16(9-14)21(30)29-11-12-7-17(29)18(8-12)32-19-4-1-13(10-28-19)22(24,25)26/h1-6,9-10,12,17-18H,7-8,11H2/t12-,17+,18-/m1/s1. The van der Waals surface area contributed by atoms with Gasteiger partial charge in [-0.2, -0.15) is 13.2 Å². The summed E-state index contributed by atoms with van der Waals surface area (Å²) in [4.78, 5) is 22.8. The topological polar surface area (TPSA) is 68.5 Å². The number of hydrogen-bond donors (Lipinski definition) is 0. The molecule has 0 unspecified atom stereocenters. The van der Waals surface area contributed by atoms with E-state index in [1.165, 1.54) is 30.7 Å². The molecule has 6 nitrogen and oxygen atoms in total. The van der Waals surface area contributed by atoms with Crippen molar-refractivity contribution in [1.82, 2.24) is 14.9 Å². The van der Waals surface area contributed by atoms with Gasteiger partial charge >= 0.3 is 6.18 Å². The summed E-state index contributed by atoms with van der Waals surface area (Å²) >= 11 is 0. The Balaban J connectivity index is 1.37. The van der Waals surface area contributed by atoms with E-state index in [1.54, 1.807) is 4.90 Å². The number of pyridine rings is 1. The maximum atomic E-state index is 14.0. The van der Waals surface area contributed by atoms with Crippen molar-refractivity contribution in [3.05, 3.63) is 65.9 Å². The highest BCUT2D eigenvalue weighted by Gasteiger charge is 2.49. The Kier molecular flexibility index (Phi) is 4.87. The summed E-state index contributed by atoms with van der Waals surface area (Å²) in [6, 6.07) is 5.62. The largest absolute Gasteiger partial charge is 0.472 e. The number of carbonyl (C=O) groups excluding carboxylic acids is 1. The van der Waals surface area contributed by atoms with Crippen LogP contribution in [0, 0.1) is 11.7 Å². The Bertz CT molecular complexity index is 1130. The molecule has 32 heavy (non-hydrogen) atoms. The van der Waals surface area contributed by atoms with Gasteiger partial charge in [-0.3, -0.25) is 4.79 Å². The van der Waals surface area contributed by atoms with Crippen molar-refractivity contribution in [3.8, 4) is 17.3 Å². The number of carbonyl (C=O) groups is 1. The molecule has 3 heterocycles. The molecule has 1 saturated carbocycles. The van der Waals surface area contributed by atoms with Crippen molar-refractivity contribution in [3.63, 3.8) is 0 Å². The fourth-order valence-corrected chi connectivity index (χ4v) is 4.49. The molecule has 0 N–H and O–H groups in total. The summed E-state index contributed by atoms with van der Waals surface area (Å²) in [5.74, 6) is -0.482. The van der Waals surface area contributed by atoms with Crippen LogP contribution in [0.4, 0.5) is 17.6 Å².